The van der Waals surface area contributed by atoms with E-state index in [2.05, 4.69) is 15.5 Å². The third-order valence-corrected chi connectivity index (χ3v) is 6.05. The van der Waals surface area contributed by atoms with Gasteiger partial charge in [-0.2, -0.15) is 0 Å². The van der Waals surface area contributed by atoms with Crippen molar-refractivity contribution < 1.29 is 14.3 Å². The van der Waals surface area contributed by atoms with Crippen molar-refractivity contribution in [1.29, 1.82) is 0 Å². The van der Waals surface area contributed by atoms with Crippen LogP contribution in [-0.2, 0) is 16.1 Å². The van der Waals surface area contributed by atoms with Crippen LogP contribution in [0.25, 0.3) is 0 Å². The van der Waals surface area contributed by atoms with Crippen LogP contribution < -0.4 is 15.4 Å². The Morgan fingerprint density at radius 2 is 1.81 bits per heavy atom. The highest BCUT2D eigenvalue weighted by Gasteiger charge is 2.32. The van der Waals surface area contributed by atoms with E-state index in [-0.39, 0.29) is 24.3 Å². The monoisotopic (exact) mass is 421 g/mol. The summed E-state index contributed by atoms with van der Waals surface area (Å²) in [4.78, 5) is 27.3. The quantitative estimate of drug-likeness (QED) is 0.716. The third kappa shape index (κ3) is 6.07. The third-order valence-electron chi connectivity index (χ3n) is 6.05. The maximum absolute atomic E-state index is 12.6. The molecule has 2 fully saturated rings. The standard InChI is InChI=1S/C25H31N3O3/c29-24(27-20-9-3-1-4-10-20)17-23-25(30)26-14-15-28(23)18-19-8-7-13-22(16-19)31-21-11-5-2-6-12-21/h2,5-8,11-13,16,20,23H,1,3-4,9-10,14-15,17-18H2,(H,26,30)(H,27,29)/t23-/m0/s1. The minimum absolute atomic E-state index is 0.0277. The molecule has 2 aromatic carbocycles. The van der Waals surface area contributed by atoms with Crippen LogP contribution in [0.1, 0.15) is 44.1 Å². The van der Waals surface area contributed by atoms with Gasteiger partial charge in [-0.15, -0.1) is 0 Å². The molecular weight excluding hydrogens is 390 g/mol. The minimum atomic E-state index is -0.448. The highest BCUT2D eigenvalue weighted by atomic mass is 16.5. The molecule has 1 saturated heterocycles. The number of nitrogens with one attached hydrogen (secondary N) is 2. The molecule has 1 atom stereocenters. The van der Waals surface area contributed by atoms with Gasteiger partial charge >= 0.3 is 0 Å². The zero-order valence-electron chi connectivity index (χ0n) is 17.9. The van der Waals surface area contributed by atoms with Gasteiger partial charge in [-0.3, -0.25) is 14.5 Å². The maximum atomic E-state index is 12.6. The van der Waals surface area contributed by atoms with Crippen molar-refractivity contribution in [2.75, 3.05) is 13.1 Å². The summed E-state index contributed by atoms with van der Waals surface area (Å²) in [5, 5.41) is 6.06. The van der Waals surface area contributed by atoms with Gasteiger partial charge in [0, 0.05) is 25.7 Å². The topological polar surface area (TPSA) is 70.7 Å². The first kappa shape index (κ1) is 21.4. The van der Waals surface area contributed by atoms with Crippen molar-refractivity contribution in [3.05, 3.63) is 60.2 Å². The number of piperazine rings is 1. The highest BCUT2D eigenvalue weighted by molar-refractivity contribution is 5.88. The van der Waals surface area contributed by atoms with Crippen LogP contribution in [0.5, 0.6) is 11.5 Å². The summed E-state index contributed by atoms with van der Waals surface area (Å²) in [6, 6.07) is 17.4. The summed E-state index contributed by atoms with van der Waals surface area (Å²) in [5.74, 6) is 1.45. The molecule has 1 aliphatic heterocycles. The lowest BCUT2D eigenvalue weighted by Gasteiger charge is -2.35. The number of para-hydroxylation sites is 1. The predicted octanol–water partition coefficient (Wildman–Crippen LogP) is 3.62. The van der Waals surface area contributed by atoms with Gasteiger partial charge in [-0.05, 0) is 42.7 Å². The molecule has 4 rings (SSSR count). The van der Waals surface area contributed by atoms with E-state index in [0.29, 0.717) is 13.1 Å². The Hall–Kier alpha value is -2.86. The van der Waals surface area contributed by atoms with Gasteiger partial charge < -0.3 is 15.4 Å². The van der Waals surface area contributed by atoms with Crippen LogP contribution in [-0.4, -0.2) is 41.9 Å². The average Bonchev–Trinajstić information content (AvgIpc) is 2.78. The van der Waals surface area contributed by atoms with Crippen molar-refractivity contribution in [3.63, 3.8) is 0 Å². The van der Waals surface area contributed by atoms with Crippen molar-refractivity contribution in [2.24, 2.45) is 0 Å². The molecule has 6 nitrogen and oxygen atoms in total. The molecule has 2 N–H and O–H groups in total. The van der Waals surface area contributed by atoms with Crippen molar-refractivity contribution in [2.45, 2.75) is 57.2 Å². The van der Waals surface area contributed by atoms with Gasteiger partial charge in [-0.1, -0.05) is 49.6 Å². The fraction of sp³-hybridized carbons (Fsp3) is 0.440. The summed E-state index contributed by atoms with van der Waals surface area (Å²) in [6.45, 7) is 1.91. The summed E-state index contributed by atoms with van der Waals surface area (Å²) in [6.07, 6.45) is 5.87. The number of nitrogens with zero attached hydrogens (tertiary/aromatic N) is 1. The Kier molecular flexibility index (Phi) is 7.20. The molecular formula is C25H31N3O3. The Morgan fingerprint density at radius 3 is 2.61 bits per heavy atom. The SMILES string of the molecule is O=C(C[C@H]1C(=O)NCCN1Cc1cccc(Oc2ccccc2)c1)NC1CCCCC1. The molecule has 0 radical (unpaired) electrons. The van der Waals surface area contributed by atoms with Gasteiger partial charge in [0.2, 0.25) is 11.8 Å². The molecule has 2 aromatic rings. The molecule has 0 bridgehead atoms. The number of carbonyl (C=O) groups is 2. The van der Waals surface area contributed by atoms with Gasteiger partial charge in [0.05, 0.1) is 12.5 Å². The summed E-state index contributed by atoms with van der Waals surface area (Å²) in [5.41, 5.74) is 1.06. The Balaban J connectivity index is 1.39. The first-order valence-corrected chi connectivity index (χ1v) is 11.3. The normalized spacial score (nSPS) is 20.1. The van der Waals surface area contributed by atoms with Crippen LogP contribution in [0.2, 0.25) is 0 Å². The van der Waals surface area contributed by atoms with Crippen LogP contribution in [0.15, 0.2) is 54.6 Å². The first-order chi connectivity index (χ1) is 15.2. The van der Waals surface area contributed by atoms with Crippen molar-refractivity contribution in [1.82, 2.24) is 15.5 Å². The fourth-order valence-corrected chi connectivity index (χ4v) is 4.45. The first-order valence-electron chi connectivity index (χ1n) is 11.3. The second-order valence-corrected chi connectivity index (χ2v) is 8.45. The van der Waals surface area contributed by atoms with E-state index in [1.54, 1.807) is 0 Å². The number of benzene rings is 2. The molecule has 1 heterocycles. The Labute approximate surface area is 184 Å². The lowest BCUT2D eigenvalue weighted by Crippen LogP contribution is -2.56. The van der Waals surface area contributed by atoms with E-state index in [4.69, 9.17) is 4.74 Å². The van der Waals surface area contributed by atoms with Gasteiger partial charge in [-0.25, -0.2) is 0 Å². The average molecular weight is 422 g/mol. The van der Waals surface area contributed by atoms with E-state index < -0.39 is 6.04 Å². The molecule has 1 saturated carbocycles. The number of hydrogen-bond acceptors (Lipinski definition) is 4. The van der Waals surface area contributed by atoms with E-state index in [1.807, 2.05) is 54.6 Å². The minimum Gasteiger partial charge on any atom is -0.457 e. The Morgan fingerprint density at radius 1 is 1.03 bits per heavy atom. The molecule has 31 heavy (non-hydrogen) atoms. The lowest BCUT2D eigenvalue weighted by molar-refractivity contribution is -0.134. The molecule has 0 aromatic heterocycles. The van der Waals surface area contributed by atoms with E-state index in [9.17, 15) is 9.59 Å². The molecule has 164 valence electrons. The number of rotatable bonds is 7. The Bertz CT molecular complexity index is 881. The van der Waals surface area contributed by atoms with Crippen LogP contribution in [0.3, 0.4) is 0 Å². The van der Waals surface area contributed by atoms with Crippen molar-refractivity contribution >= 4 is 11.8 Å². The molecule has 2 amide bonds. The van der Waals surface area contributed by atoms with Gasteiger partial charge in [0.15, 0.2) is 0 Å². The fourth-order valence-electron chi connectivity index (χ4n) is 4.45. The molecule has 6 heteroatoms. The molecule has 2 aliphatic rings. The van der Waals surface area contributed by atoms with Crippen molar-refractivity contribution in [3.8, 4) is 11.5 Å². The number of amides is 2. The zero-order chi connectivity index (χ0) is 21.5. The zero-order valence-corrected chi connectivity index (χ0v) is 17.9. The van der Waals surface area contributed by atoms with Crippen LogP contribution >= 0.6 is 0 Å². The molecule has 1 aliphatic carbocycles. The second-order valence-electron chi connectivity index (χ2n) is 8.45. The number of hydrogen-bond donors (Lipinski definition) is 2. The predicted molar refractivity (Wildman–Crippen MR) is 120 cm³/mol. The smallest absolute Gasteiger partial charge is 0.237 e. The van der Waals surface area contributed by atoms with E-state index >= 15 is 0 Å². The van der Waals surface area contributed by atoms with Gasteiger partial charge in [0.25, 0.3) is 0 Å². The summed E-state index contributed by atoms with van der Waals surface area (Å²) >= 11 is 0. The highest BCUT2D eigenvalue weighted by Crippen LogP contribution is 2.24. The van der Waals surface area contributed by atoms with Crippen LogP contribution in [0.4, 0.5) is 0 Å². The number of carbonyl (C=O) groups excluding carboxylic acids is 2. The molecule has 0 spiro atoms. The summed E-state index contributed by atoms with van der Waals surface area (Å²) < 4.78 is 5.94. The second kappa shape index (κ2) is 10.4. The van der Waals surface area contributed by atoms with E-state index in [1.165, 1.54) is 19.3 Å². The van der Waals surface area contributed by atoms with Gasteiger partial charge in [0.1, 0.15) is 11.5 Å². The number of ether oxygens (including phenoxy) is 1. The lowest BCUT2D eigenvalue weighted by atomic mass is 9.95. The maximum Gasteiger partial charge on any atom is 0.237 e. The summed E-state index contributed by atoms with van der Waals surface area (Å²) in [7, 11) is 0. The largest absolute Gasteiger partial charge is 0.457 e. The van der Waals surface area contributed by atoms with E-state index in [0.717, 1.165) is 36.4 Å². The molecule has 0 unspecified atom stereocenters. The van der Waals surface area contributed by atoms with Crippen LogP contribution in [0, 0.1) is 0 Å².